The summed E-state index contributed by atoms with van der Waals surface area (Å²) in [6.45, 7) is 6.42. The molecule has 2 amide bonds. The minimum Gasteiger partial charge on any atom is -0.444 e. The first-order valence-corrected chi connectivity index (χ1v) is 10.8. The number of nitrogens with one attached hydrogen (secondary N) is 1. The highest BCUT2D eigenvalue weighted by Crippen LogP contribution is 2.26. The summed E-state index contributed by atoms with van der Waals surface area (Å²) in [4.78, 5) is 31.1. The third-order valence-electron chi connectivity index (χ3n) is 5.44. The van der Waals surface area contributed by atoms with Gasteiger partial charge in [0.05, 0.1) is 7.57 Å². The highest BCUT2D eigenvalue weighted by atomic mass is 16.6. The van der Waals surface area contributed by atoms with E-state index in [2.05, 4.69) is 15.4 Å². The molecule has 1 aromatic carbocycles. The molecule has 32 heavy (non-hydrogen) atoms. The van der Waals surface area contributed by atoms with Gasteiger partial charge in [0.1, 0.15) is 11.4 Å². The van der Waals surface area contributed by atoms with E-state index < -0.39 is 5.60 Å². The van der Waals surface area contributed by atoms with E-state index in [0.717, 1.165) is 16.5 Å². The predicted molar refractivity (Wildman–Crippen MR) is 123 cm³/mol. The van der Waals surface area contributed by atoms with Crippen molar-refractivity contribution in [2.24, 2.45) is 13.0 Å². The second kappa shape index (κ2) is 8.61. The maximum absolute atomic E-state index is 12.9. The van der Waals surface area contributed by atoms with Gasteiger partial charge in [-0.2, -0.15) is 5.10 Å². The van der Waals surface area contributed by atoms with Gasteiger partial charge < -0.3 is 15.0 Å². The van der Waals surface area contributed by atoms with E-state index in [0.29, 0.717) is 31.3 Å². The molecule has 1 saturated heterocycles. The molecule has 0 aliphatic carbocycles. The largest absolute Gasteiger partial charge is 0.444 e. The summed E-state index contributed by atoms with van der Waals surface area (Å²) in [6, 6.07) is 5.99. The Kier molecular flexibility index (Phi) is 5.51. The maximum Gasteiger partial charge on any atom is 0.410 e. The van der Waals surface area contributed by atoms with Gasteiger partial charge in [-0.15, -0.1) is 0 Å². The van der Waals surface area contributed by atoms with Crippen molar-refractivity contribution in [1.29, 1.82) is 0 Å². The Balaban J connectivity index is 1.45. The summed E-state index contributed by atoms with van der Waals surface area (Å²) in [7, 11) is 1.86. The number of likely N-dealkylation sites (tertiary alicyclic amines) is 1. The summed E-state index contributed by atoms with van der Waals surface area (Å²) in [5, 5.41) is 8.57. The Morgan fingerprint density at radius 2 is 1.91 bits per heavy atom. The highest BCUT2D eigenvalue weighted by molar-refractivity contribution is 5.95. The molecule has 1 aliphatic rings. The fraction of sp³-hybridized carbons (Fsp3) is 0.417. The molecule has 0 saturated carbocycles. The van der Waals surface area contributed by atoms with Gasteiger partial charge in [-0.1, -0.05) is 12.1 Å². The van der Waals surface area contributed by atoms with Gasteiger partial charge in [0.25, 0.3) is 0 Å². The van der Waals surface area contributed by atoms with Gasteiger partial charge in [0.2, 0.25) is 5.91 Å². The lowest BCUT2D eigenvalue weighted by molar-refractivity contribution is -0.121. The molecule has 168 valence electrons. The standard InChI is InChI=1S/C24H29N5O3/c1-24(2,3)32-23(31)29-9-7-16(8-10-29)22(30)27-21-12-19-11-17(5-6-18(19)13-25-21)20-14-26-28(4)15-20/h5-6,11-16H,7-10H2,1-4H3,(H,25,27,30)/i12D. The molecule has 3 aromatic rings. The summed E-state index contributed by atoms with van der Waals surface area (Å²) in [5.41, 5.74) is 1.36. The number of aromatic nitrogens is 3. The number of ether oxygens (including phenoxy) is 1. The Labute approximate surface area is 189 Å². The van der Waals surface area contributed by atoms with Crippen molar-refractivity contribution in [1.82, 2.24) is 19.7 Å². The van der Waals surface area contributed by atoms with Crippen molar-refractivity contribution in [3.8, 4) is 11.1 Å². The van der Waals surface area contributed by atoms with Gasteiger partial charge in [0, 0.05) is 49.4 Å². The summed E-state index contributed by atoms with van der Waals surface area (Å²) >= 11 is 0. The Bertz CT molecular complexity index is 1190. The Hall–Kier alpha value is -3.42. The molecule has 0 bridgehead atoms. The molecular formula is C24H29N5O3. The van der Waals surface area contributed by atoms with Crippen molar-refractivity contribution < 1.29 is 15.7 Å². The average Bonchev–Trinajstić information content (AvgIpc) is 3.21. The molecule has 0 radical (unpaired) electrons. The van der Waals surface area contributed by atoms with Crippen LogP contribution >= 0.6 is 0 Å². The summed E-state index contributed by atoms with van der Waals surface area (Å²) < 4.78 is 15.8. The van der Waals surface area contributed by atoms with Crippen molar-refractivity contribution in [3.05, 3.63) is 42.8 Å². The third-order valence-corrected chi connectivity index (χ3v) is 5.44. The molecule has 1 N–H and O–H groups in total. The van der Waals surface area contributed by atoms with E-state index in [9.17, 15) is 9.59 Å². The minimum absolute atomic E-state index is 0.178. The number of fused-ring (bicyclic) bond motifs is 1. The van der Waals surface area contributed by atoms with Crippen molar-refractivity contribution in [3.63, 3.8) is 0 Å². The van der Waals surface area contributed by atoms with Crippen molar-refractivity contribution in [2.45, 2.75) is 39.2 Å². The van der Waals surface area contributed by atoms with E-state index in [4.69, 9.17) is 6.11 Å². The first-order valence-electron chi connectivity index (χ1n) is 11.3. The van der Waals surface area contributed by atoms with Gasteiger partial charge in [0.15, 0.2) is 0 Å². The van der Waals surface area contributed by atoms with E-state index in [1.54, 1.807) is 22.0 Å². The van der Waals surface area contributed by atoms with Gasteiger partial charge in [-0.05, 0) is 56.7 Å². The van der Waals surface area contributed by atoms with Gasteiger partial charge in [-0.25, -0.2) is 9.78 Å². The third kappa shape index (κ3) is 5.07. The molecule has 4 rings (SSSR count). The van der Waals surface area contributed by atoms with Crippen LogP contribution in [0.25, 0.3) is 21.9 Å². The van der Waals surface area contributed by atoms with E-state index in [1.807, 2.05) is 52.2 Å². The number of carbonyl (C=O) groups excluding carboxylic acids is 2. The second-order valence-corrected chi connectivity index (χ2v) is 9.17. The maximum atomic E-state index is 12.9. The normalized spacial score (nSPS) is 15.5. The fourth-order valence-corrected chi connectivity index (χ4v) is 3.75. The van der Waals surface area contributed by atoms with Crippen LogP contribution < -0.4 is 5.32 Å². The molecule has 0 spiro atoms. The Morgan fingerprint density at radius 1 is 1.16 bits per heavy atom. The van der Waals surface area contributed by atoms with Crippen LogP contribution in [0.4, 0.5) is 10.6 Å². The number of pyridine rings is 1. The fourth-order valence-electron chi connectivity index (χ4n) is 3.75. The van der Waals surface area contributed by atoms with Crippen LogP contribution in [0.3, 0.4) is 0 Å². The van der Waals surface area contributed by atoms with Crippen LogP contribution in [0, 0.1) is 5.92 Å². The van der Waals surface area contributed by atoms with Crippen LogP contribution in [0.15, 0.2) is 42.8 Å². The van der Waals surface area contributed by atoms with Gasteiger partial charge >= 0.3 is 6.09 Å². The number of anilines is 1. The van der Waals surface area contributed by atoms with Crippen LogP contribution in [0.5, 0.6) is 0 Å². The van der Waals surface area contributed by atoms with Gasteiger partial charge in [-0.3, -0.25) is 9.48 Å². The van der Waals surface area contributed by atoms with Crippen molar-refractivity contribution >= 4 is 28.6 Å². The van der Waals surface area contributed by atoms with Crippen LogP contribution in [-0.4, -0.2) is 50.4 Å². The molecule has 0 unspecified atom stereocenters. The number of hydrogen-bond acceptors (Lipinski definition) is 5. The number of amides is 2. The lowest BCUT2D eigenvalue weighted by atomic mass is 9.96. The van der Waals surface area contributed by atoms with Crippen LogP contribution in [-0.2, 0) is 16.6 Å². The number of rotatable bonds is 3. The van der Waals surface area contributed by atoms with E-state index >= 15 is 0 Å². The number of carbonyl (C=O) groups is 2. The average molecular weight is 437 g/mol. The van der Waals surface area contributed by atoms with Crippen LogP contribution in [0.2, 0.25) is 0 Å². The molecular weight excluding hydrogens is 406 g/mol. The quantitative estimate of drug-likeness (QED) is 0.664. The molecule has 8 nitrogen and oxygen atoms in total. The molecule has 3 heterocycles. The smallest absolute Gasteiger partial charge is 0.410 e. The number of benzene rings is 1. The molecule has 2 aromatic heterocycles. The lowest BCUT2D eigenvalue weighted by Crippen LogP contribution is -2.43. The summed E-state index contributed by atoms with van der Waals surface area (Å²) in [5.74, 6) is -0.185. The topological polar surface area (TPSA) is 89.3 Å². The number of hydrogen-bond donors (Lipinski definition) is 1. The van der Waals surface area contributed by atoms with E-state index in [1.165, 1.54) is 0 Å². The minimum atomic E-state index is -0.547. The SMILES string of the molecule is [2H]c1c(NC(=O)C2CCN(C(=O)OC(C)(C)C)CC2)ncc2ccc(-c3cnn(C)c3)cc12. The summed E-state index contributed by atoms with van der Waals surface area (Å²) in [6.07, 6.45) is 6.09. The number of piperidine rings is 1. The molecule has 1 fully saturated rings. The molecule has 8 heteroatoms. The Morgan fingerprint density at radius 3 is 2.56 bits per heavy atom. The second-order valence-electron chi connectivity index (χ2n) is 9.17. The first kappa shape index (κ1) is 20.5. The zero-order chi connectivity index (χ0) is 23.8. The number of nitrogens with zero attached hydrogens (tertiary/aromatic N) is 4. The molecule has 0 atom stereocenters. The number of aryl methyl sites for hydroxylation is 1. The van der Waals surface area contributed by atoms with E-state index in [-0.39, 0.29) is 29.8 Å². The van der Waals surface area contributed by atoms with Crippen LogP contribution in [0.1, 0.15) is 35.0 Å². The molecule has 1 aliphatic heterocycles. The van der Waals surface area contributed by atoms with Crippen molar-refractivity contribution in [2.75, 3.05) is 18.4 Å². The monoisotopic (exact) mass is 436 g/mol. The highest BCUT2D eigenvalue weighted by Gasteiger charge is 2.30. The predicted octanol–water partition coefficient (Wildman–Crippen LogP) is 4.22. The zero-order valence-corrected chi connectivity index (χ0v) is 18.9. The lowest BCUT2D eigenvalue weighted by Gasteiger charge is -2.32. The zero-order valence-electron chi connectivity index (χ0n) is 19.9. The first-order chi connectivity index (χ1) is 15.6.